The van der Waals surface area contributed by atoms with Gasteiger partial charge in [-0.25, -0.2) is 4.98 Å². The van der Waals surface area contributed by atoms with E-state index < -0.39 is 0 Å². The van der Waals surface area contributed by atoms with Gasteiger partial charge in [0.15, 0.2) is 11.5 Å². The Morgan fingerprint density at radius 2 is 2.24 bits per heavy atom. The second-order valence-electron chi connectivity index (χ2n) is 6.80. The quantitative estimate of drug-likeness (QED) is 0.581. The molecule has 2 atom stereocenters. The molecule has 1 aromatic carbocycles. The molecule has 128 valence electrons. The topological polar surface area (TPSA) is 95.8 Å². The summed E-state index contributed by atoms with van der Waals surface area (Å²) in [6, 6.07) is 6.76. The molecule has 7 nitrogen and oxygen atoms in total. The molecule has 1 fully saturated rings. The van der Waals surface area contributed by atoms with Gasteiger partial charge in [-0.3, -0.25) is 0 Å². The zero-order chi connectivity index (χ0) is 17.2. The first-order valence-electron chi connectivity index (χ1n) is 8.37. The van der Waals surface area contributed by atoms with Gasteiger partial charge in [-0.1, -0.05) is 22.0 Å². The van der Waals surface area contributed by atoms with E-state index in [2.05, 4.69) is 71.2 Å². The van der Waals surface area contributed by atoms with E-state index in [1.165, 1.54) is 11.3 Å². The highest BCUT2D eigenvalue weighted by Crippen LogP contribution is 2.52. The predicted octanol–water partition coefficient (Wildman–Crippen LogP) is 2.47. The maximum Gasteiger partial charge on any atom is 0.224 e. The summed E-state index contributed by atoms with van der Waals surface area (Å²) in [5.74, 6) is 1.03. The van der Waals surface area contributed by atoms with Crippen molar-refractivity contribution < 1.29 is 0 Å². The van der Waals surface area contributed by atoms with Crippen LogP contribution in [0, 0.1) is 0 Å². The largest absolute Gasteiger partial charge is 0.368 e. The molecular formula is C17H18BrN7. The van der Waals surface area contributed by atoms with Gasteiger partial charge in [-0.2, -0.15) is 9.97 Å². The number of nitrogens with one attached hydrogen (secondary N) is 2. The van der Waals surface area contributed by atoms with E-state index in [9.17, 15) is 0 Å². The molecule has 4 heterocycles. The van der Waals surface area contributed by atoms with Crippen LogP contribution in [0.4, 0.5) is 17.5 Å². The van der Waals surface area contributed by atoms with Crippen molar-refractivity contribution in [3.05, 3.63) is 34.6 Å². The average Bonchev–Trinajstić information content (AvgIpc) is 3.28. The summed E-state index contributed by atoms with van der Waals surface area (Å²) in [4.78, 5) is 18.5. The van der Waals surface area contributed by atoms with Crippen molar-refractivity contribution in [3.63, 3.8) is 0 Å². The van der Waals surface area contributed by atoms with Gasteiger partial charge in [0.25, 0.3) is 0 Å². The molecule has 2 aliphatic heterocycles. The fraction of sp³-hybridized carbons (Fsp3) is 0.353. The molecule has 2 aromatic heterocycles. The summed E-state index contributed by atoms with van der Waals surface area (Å²) in [5.41, 5.74) is 9.97. The number of fused-ring (bicyclic) bond motifs is 3. The second kappa shape index (κ2) is 5.15. The van der Waals surface area contributed by atoms with Crippen LogP contribution in [0.1, 0.15) is 18.9 Å². The first-order chi connectivity index (χ1) is 12.1. The number of halogens is 1. The Balaban J connectivity index is 1.79. The summed E-state index contributed by atoms with van der Waals surface area (Å²) < 4.78 is 1.05. The first-order valence-corrected chi connectivity index (χ1v) is 9.16. The van der Waals surface area contributed by atoms with Crippen LogP contribution in [0.2, 0.25) is 0 Å². The van der Waals surface area contributed by atoms with Crippen LogP contribution >= 0.6 is 15.9 Å². The highest BCUT2D eigenvalue weighted by Gasteiger charge is 2.51. The summed E-state index contributed by atoms with van der Waals surface area (Å²) >= 11 is 3.62. The second-order valence-corrected chi connectivity index (χ2v) is 7.71. The van der Waals surface area contributed by atoms with Crippen LogP contribution < -0.4 is 16.0 Å². The van der Waals surface area contributed by atoms with Crippen molar-refractivity contribution in [1.82, 2.24) is 25.3 Å². The van der Waals surface area contributed by atoms with E-state index in [1.807, 2.05) is 0 Å². The molecule has 1 spiro atoms. The lowest BCUT2D eigenvalue weighted by molar-refractivity contribution is 0.417. The number of aromatic nitrogens is 4. The van der Waals surface area contributed by atoms with Crippen LogP contribution in [-0.2, 0) is 5.41 Å². The number of benzene rings is 1. The Bertz CT molecular complexity index is 976. The maximum absolute atomic E-state index is 5.97. The fourth-order valence-electron chi connectivity index (χ4n) is 4.41. The highest BCUT2D eigenvalue weighted by molar-refractivity contribution is 9.10. The van der Waals surface area contributed by atoms with Crippen LogP contribution in [0.3, 0.4) is 0 Å². The average molecular weight is 400 g/mol. The van der Waals surface area contributed by atoms with E-state index in [0.29, 0.717) is 5.65 Å². The van der Waals surface area contributed by atoms with Gasteiger partial charge in [0, 0.05) is 28.2 Å². The minimum absolute atomic E-state index is 0.0715. The van der Waals surface area contributed by atoms with E-state index in [0.717, 1.165) is 35.3 Å². The molecule has 25 heavy (non-hydrogen) atoms. The van der Waals surface area contributed by atoms with Gasteiger partial charge in [0.1, 0.15) is 5.52 Å². The molecule has 0 amide bonds. The number of nitrogens with two attached hydrogens (primary N) is 1. The van der Waals surface area contributed by atoms with Crippen molar-refractivity contribution in [1.29, 1.82) is 0 Å². The summed E-state index contributed by atoms with van der Waals surface area (Å²) in [6.45, 7) is 4.26. The van der Waals surface area contributed by atoms with E-state index in [-0.39, 0.29) is 17.4 Å². The number of aromatic amines is 1. The number of hydrogen-bond acceptors (Lipinski definition) is 6. The van der Waals surface area contributed by atoms with Crippen molar-refractivity contribution in [3.8, 4) is 0 Å². The Hall–Kier alpha value is -2.19. The Labute approximate surface area is 153 Å². The molecule has 2 aliphatic rings. The molecule has 8 heteroatoms. The van der Waals surface area contributed by atoms with Gasteiger partial charge in [-0.15, -0.1) is 0 Å². The zero-order valence-corrected chi connectivity index (χ0v) is 15.3. The zero-order valence-electron chi connectivity index (χ0n) is 13.8. The van der Waals surface area contributed by atoms with Gasteiger partial charge in [0.2, 0.25) is 5.95 Å². The number of imidazole rings is 1. The van der Waals surface area contributed by atoms with E-state index in [1.54, 1.807) is 6.33 Å². The van der Waals surface area contributed by atoms with Gasteiger partial charge >= 0.3 is 0 Å². The molecular weight excluding hydrogens is 382 g/mol. The number of anilines is 3. The maximum atomic E-state index is 5.97. The number of nitrogen functional groups attached to an aromatic ring is 1. The third-order valence-corrected chi connectivity index (χ3v) is 6.14. The van der Waals surface area contributed by atoms with Crippen molar-refractivity contribution >= 4 is 44.5 Å². The minimum Gasteiger partial charge on any atom is -0.368 e. The van der Waals surface area contributed by atoms with Gasteiger partial charge in [0.05, 0.1) is 6.33 Å². The lowest BCUT2D eigenvalue weighted by atomic mass is 9.76. The standard InChI is InChI=1S/C17H18BrN7/c1-9-17(4-5-20-7-17)11-3-2-10(18)6-12(11)25(9)15-13-14(22-8-21-13)23-16(19)24-15/h2-3,6,8-9,20H,4-5,7H2,1H3,(H3,19,21,22,23,24)/t9-,17?/m1/s1. The van der Waals surface area contributed by atoms with E-state index in [4.69, 9.17) is 5.73 Å². The third kappa shape index (κ3) is 1.98. The van der Waals surface area contributed by atoms with Crippen molar-refractivity contribution in [2.75, 3.05) is 23.7 Å². The number of rotatable bonds is 1. The molecule has 0 aliphatic carbocycles. The molecule has 1 unspecified atom stereocenters. The minimum atomic E-state index is 0.0715. The lowest BCUT2D eigenvalue weighted by Gasteiger charge is -2.33. The SMILES string of the molecule is C[C@H]1N(c2nc(N)nc3nc[nH]c23)c2cc(Br)ccc2C12CCNC2. The molecule has 5 rings (SSSR count). The Kier molecular flexibility index (Phi) is 3.11. The Morgan fingerprint density at radius 1 is 1.36 bits per heavy atom. The molecule has 3 aromatic rings. The normalized spacial score (nSPS) is 25.2. The van der Waals surface area contributed by atoms with Crippen molar-refractivity contribution in [2.45, 2.75) is 24.8 Å². The summed E-state index contributed by atoms with van der Waals surface area (Å²) in [7, 11) is 0. The van der Waals surface area contributed by atoms with Crippen LogP contribution in [0.25, 0.3) is 11.2 Å². The number of nitrogens with zero attached hydrogens (tertiary/aromatic N) is 4. The lowest BCUT2D eigenvalue weighted by Crippen LogP contribution is -2.42. The highest BCUT2D eigenvalue weighted by atomic mass is 79.9. The monoisotopic (exact) mass is 399 g/mol. The fourth-order valence-corrected chi connectivity index (χ4v) is 4.76. The van der Waals surface area contributed by atoms with Crippen molar-refractivity contribution in [2.24, 2.45) is 0 Å². The van der Waals surface area contributed by atoms with Gasteiger partial charge < -0.3 is 20.9 Å². The van der Waals surface area contributed by atoms with Crippen LogP contribution in [-0.4, -0.2) is 39.1 Å². The summed E-state index contributed by atoms with van der Waals surface area (Å²) in [6.07, 6.45) is 2.74. The Morgan fingerprint density at radius 3 is 3.04 bits per heavy atom. The smallest absolute Gasteiger partial charge is 0.224 e. The number of H-pyrrole nitrogens is 1. The van der Waals surface area contributed by atoms with Crippen LogP contribution in [0.5, 0.6) is 0 Å². The third-order valence-electron chi connectivity index (χ3n) is 5.64. The molecule has 0 radical (unpaired) electrons. The van der Waals surface area contributed by atoms with Gasteiger partial charge in [-0.05, 0) is 37.6 Å². The first kappa shape index (κ1) is 15.1. The molecule has 0 saturated carbocycles. The van der Waals surface area contributed by atoms with E-state index >= 15 is 0 Å². The summed E-state index contributed by atoms with van der Waals surface area (Å²) in [5, 5.41) is 3.54. The molecule has 1 saturated heterocycles. The van der Waals surface area contributed by atoms with Crippen LogP contribution in [0.15, 0.2) is 29.0 Å². The molecule has 0 bridgehead atoms. The predicted molar refractivity (Wildman–Crippen MR) is 101 cm³/mol. The number of hydrogen-bond donors (Lipinski definition) is 3. The molecule has 4 N–H and O–H groups in total.